The minimum absolute atomic E-state index is 0.527. The molecule has 0 spiro atoms. The van der Waals surface area contributed by atoms with Gasteiger partial charge in [0, 0.05) is 11.7 Å². The van der Waals surface area contributed by atoms with Crippen LogP contribution in [0.3, 0.4) is 0 Å². The molecule has 116 valence electrons. The standard InChI is InChI=1S/C17H22F3N/c1-13(21-16-5-3-2-4-6-16)7-8-14-9-11-15(12-10-14)17(18,19)20/h9-12,16,21H,1-8H2. The van der Waals surface area contributed by atoms with E-state index in [1.807, 2.05) is 0 Å². The number of hydrogen-bond acceptors (Lipinski definition) is 1. The maximum atomic E-state index is 12.5. The lowest BCUT2D eigenvalue weighted by Gasteiger charge is -2.25. The topological polar surface area (TPSA) is 12.0 Å². The molecule has 0 saturated heterocycles. The molecule has 2 rings (SSSR count). The molecule has 0 aromatic heterocycles. The highest BCUT2D eigenvalue weighted by Crippen LogP contribution is 2.29. The van der Waals surface area contributed by atoms with Gasteiger partial charge in [-0.15, -0.1) is 0 Å². The van der Waals surface area contributed by atoms with E-state index in [9.17, 15) is 13.2 Å². The molecule has 1 aliphatic carbocycles. The molecule has 0 radical (unpaired) electrons. The predicted octanol–water partition coefficient (Wildman–Crippen LogP) is 5.07. The molecule has 0 bridgehead atoms. The molecular weight excluding hydrogens is 275 g/mol. The van der Waals surface area contributed by atoms with E-state index >= 15 is 0 Å². The highest BCUT2D eigenvalue weighted by atomic mass is 19.4. The Balaban J connectivity index is 1.78. The SMILES string of the molecule is C=C(CCc1ccc(C(F)(F)F)cc1)NC1CCCCC1. The second kappa shape index (κ2) is 7.01. The Labute approximate surface area is 124 Å². The summed E-state index contributed by atoms with van der Waals surface area (Å²) in [5.41, 5.74) is 1.31. The summed E-state index contributed by atoms with van der Waals surface area (Å²) in [6.07, 6.45) is 3.46. The van der Waals surface area contributed by atoms with Gasteiger partial charge in [-0.05, 0) is 43.4 Å². The monoisotopic (exact) mass is 297 g/mol. The van der Waals surface area contributed by atoms with Gasteiger partial charge in [0.1, 0.15) is 0 Å². The van der Waals surface area contributed by atoms with Crippen molar-refractivity contribution in [3.05, 3.63) is 47.7 Å². The maximum Gasteiger partial charge on any atom is 0.416 e. The van der Waals surface area contributed by atoms with Crippen LogP contribution in [-0.4, -0.2) is 6.04 Å². The van der Waals surface area contributed by atoms with E-state index in [1.165, 1.54) is 32.1 Å². The van der Waals surface area contributed by atoms with Crippen molar-refractivity contribution in [2.24, 2.45) is 0 Å². The first-order chi connectivity index (χ1) is 9.95. The zero-order valence-electron chi connectivity index (χ0n) is 12.2. The molecule has 1 fully saturated rings. The molecule has 1 aliphatic rings. The Morgan fingerprint density at radius 2 is 1.71 bits per heavy atom. The van der Waals surface area contributed by atoms with Crippen molar-refractivity contribution < 1.29 is 13.2 Å². The van der Waals surface area contributed by atoms with E-state index in [0.717, 1.165) is 36.2 Å². The van der Waals surface area contributed by atoms with Crippen LogP contribution in [0.4, 0.5) is 13.2 Å². The molecule has 1 N–H and O–H groups in total. The number of benzene rings is 1. The number of alkyl halides is 3. The van der Waals surface area contributed by atoms with Gasteiger partial charge in [0.25, 0.3) is 0 Å². The summed E-state index contributed by atoms with van der Waals surface area (Å²) in [7, 11) is 0. The first-order valence-electron chi connectivity index (χ1n) is 7.55. The number of halogens is 3. The second-order valence-corrected chi connectivity index (χ2v) is 5.78. The van der Waals surface area contributed by atoms with Gasteiger partial charge < -0.3 is 5.32 Å². The lowest BCUT2D eigenvalue weighted by Crippen LogP contribution is -2.30. The molecular formula is C17H22F3N. The molecule has 0 aliphatic heterocycles. The minimum Gasteiger partial charge on any atom is -0.386 e. The van der Waals surface area contributed by atoms with Crippen molar-refractivity contribution in [3.8, 4) is 0 Å². The third-order valence-electron chi connectivity index (χ3n) is 4.01. The average Bonchev–Trinajstić information content (AvgIpc) is 2.46. The molecule has 1 aromatic carbocycles. The second-order valence-electron chi connectivity index (χ2n) is 5.78. The number of nitrogens with one attached hydrogen (secondary N) is 1. The summed E-state index contributed by atoms with van der Waals surface area (Å²) in [5.74, 6) is 0. The molecule has 0 amide bonds. The largest absolute Gasteiger partial charge is 0.416 e. The van der Waals surface area contributed by atoms with Crippen LogP contribution in [-0.2, 0) is 12.6 Å². The van der Waals surface area contributed by atoms with Crippen LogP contribution in [0, 0.1) is 0 Å². The van der Waals surface area contributed by atoms with Crippen molar-refractivity contribution in [2.45, 2.75) is 57.2 Å². The Kier molecular flexibility index (Phi) is 5.32. The summed E-state index contributed by atoms with van der Waals surface area (Å²) in [6, 6.07) is 5.92. The van der Waals surface area contributed by atoms with E-state index in [0.29, 0.717) is 6.04 Å². The zero-order valence-corrected chi connectivity index (χ0v) is 12.2. The first-order valence-corrected chi connectivity index (χ1v) is 7.55. The van der Waals surface area contributed by atoms with Gasteiger partial charge in [-0.25, -0.2) is 0 Å². The van der Waals surface area contributed by atoms with Gasteiger partial charge in [0.2, 0.25) is 0 Å². The van der Waals surface area contributed by atoms with E-state index in [2.05, 4.69) is 11.9 Å². The number of hydrogen-bond donors (Lipinski definition) is 1. The lowest BCUT2D eigenvalue weighted by atomic mass is 9.95. The molecule has 0 unspecified atom stereocenters. The zero-order chi connectivity index (χ0) is 15.3. The highest BCUT2D eigenvalue weighted by Gasteiger charge is 2.29. The average molecular weight is 297 g/mol. The fraction of sp³-hybridized carbons (Fsp3) is 0.529. The molecule has 4 heteroatoms. The third kappa shape index (κ3) is 5.10. The number of allylic oxidation sites excluding steroid dienone is 1. The van der Waals surface area contributed by atoms with Crippen molar-refractivity contribution in [3.63, 3.8) is 0 Å². The van der Waals surface area contributed by atoms with E-state index in [4.69, 9.17) is 0 Å². The Bertz CT molecular complexity index is 456. The van der Waals surface area contributed by atoms with E-state index in [-0.39, 0.29) is 0 Å². The highest BCUT2D eigenvalue weighted by molar-refractivity contribution is 5.25. The summed E-state index contributed by atoms with van der Waals surface area (Å²) in [6.45, 7) is 4.03. The fourth-order valence-electron chi connectivity index (χ4n) is 2.76. The Hall–Kier alpha value is -1.45. The van der Waals surface area contributed by atoms with Crippen LogP contribution in [0.1, 0.15) is 49.7 Å². The normalized spacial score (nSPS) is 16.7. The van der Waals surface area contributed by atoms with Crippen LogP contribution in [0.5, 0.6) is 0 Å². The quantitative estimate of drug-likeness (QED) is 0.799. The van der Waals surface area contributed by atoms with Gasteiger partial charge in [-0.1, -0.05) is 38.0 Å². The molecule has 1 saturated carbocycles. The van der Waals surface area contributed by atoms with Crippen LogP contribution >= 0.6 is 0 Å². The van der Waals surface area contributed by atoms with Gasteiger partial charge in [-0.3, -0.25) is 0 Å². The lowest BCUT2D eigenvalue weighted by molar-refractivity contribution is -0.137. The fourth-order valence-corrected chi connectivity index (χ4v) is 2.76. The first kappa shape index (κ1) is 15.9. The molecule has 1 nitrogen and oxygen atoms in total. The van der Waals surface area contributed by atoms with Gasteiger partial charge >= 0.3 is 6.18 Å². The van der Waals surface area contributed by atoms with Gasteiger partial charge in [0.05, 0.1) is 5.56 Å². The van der Waals surface area contributed by atoms with Crippen LogP contribution in [0.25, 0.3) is 0 Å². The van der Waals surface area contributed by atoms with Crippen molar-refractivity contribution in [2.75, 3.05) is 0 Å². The van der Waals surface area contributed by atoms with Crippen LogP contribution in [0.15, 0.2) is 36.5 Å². The smallest absolute Gasteiger partial charge is 0.386 e. The Morgan fingerprint density at radius 1 is 1.10 bits per heavy atom. The van der Waals surface area contributed by atoms with E-state index < -0.39 is 11.7 Å². The molecule has 0 atom stereocenters. The minimum atomic E-state index is -4.26. The number of aryl methyl sites for hydroxylation is 1. The van der Waals surface area contributed by atoms with E-state index in [1.54, 1.807) is 12.1 Å². The number of rotatable bonds is 5. The molecule has 0 heterocycles. The van der Waals surface area contributed by atoms with Crippen molar-refractivity contribution in [1.29, 1.82) is 0 Å². The summed E-state index contributed by atoms with van der Waals surface area (Å²) in [4.78, 5) is 0. The summed E-state index contributed by atoms with van der Waals surface area (Å²) >= 11 is 0. The maximum absolute atomic E-state index is 12.5. The predicted molar refractivity (Wildman–Crippen MR) is 78.9 cm³/mol. The van der Waals surface area contributed by atoms with Crippen LogP contribution < -0.4 is 5.32 Å². The summed E-state index contributed by atoms with van der Waals surface area (Å²) in [5, 5.41) is 3.45. The summed E-state index contributed by atoms with van der Waals surface area (Å²) < 4.78 is 37.4. The van der Waals surface area contributed by atoms with Gasteiger partial charge in [-0.2, -0.15) is 13.2 Å². The van der Waals surface area contributed by atoms with Gasteiger partial charge in [0.15, 0.2) is 0 Å². The Morgan fingerprint density at radius 3 is 2.29 bits per heavy atom. The van der Waals surface area contributed by atoms with Crippen molar-refractivity contribution >= 4 is 0 Å². The third-order valence-corrected chi connectivity index (χ3v) is 4.01. The van der Waals surface area contributed by atoms with Crippen LogP contribution in [0.2, 0.25) is 0 Å². The molecule has 1 aromatic rings. The van der Waals surface area contributed by atoms with Crippen molar-refractivity contribution in [1.82, 2.24) is 5.32 Å². The molecule has 21 heavy (non-hydrogen) atoms.